The normalized spacial score (nSPS) is 13.1. The summed E-state index contributed by atoms with van der Waals surface area (Å²) < 4.78 is 0. The van der Waals surface area contributed by atoms with Gasteiger partial charge in [-0.3, -0.25) is 28.8 Å². The van der Waals surface area contributed by atoms with Crippen molar-refractivity contribution in [3.05, 3.63) is 0 Å². The second-order valence-electron chi connectivity index (χ2n) is 8.45. The first-order chi connectivity index (χ1) is 16.5. The number of amides is 5. The maximum atomic E-state index is 12.4. The molecule has 35 heavy (non-hydrogen) atoms. The number of carbonyl (C=O) groups excluding carboxylic acids is 6. The summed E-state index contributed by atoms with van der Waals surface area (Å²) in [6, 6.07) is -2.62. The summed E-state index contributed by atoms with van der Waals surface area (Å²) in [6.45, 7) is 7.65. The van der Waals surface area contributed by atoms with Crippen molar-refractivity contribution in [1.82, 2.24) is 26.6 Å². The number of primary amides is 1. The van der Waals surface area contributed by atoms with Gasteiger partial charge in [0.05, 0.1) is 19.0 Å². The average Bonchev–Trinajstić information content (AvgIpc) is 2.77. The highest BCUT2D eigenvalue weighted by Gasteiger charge is 2.25. The van der Waals surface area contributed by atoms with Gasteiger partial charge in [-0.2, -0.15) is 0 Å². The van der Waals surface area contributed by atoms with Crippen molar-refractivity contribution < 1.29 is 28.8 Å². The highest BCUT2D eigenvalue weighted by Crippen LogP contribution is 2.04. The van der Waals surface area contributed by atoms with E-state index in [0.29, 0.717) is 38.8 Å². The van der Waals surface area contributed by atoms with Crippen LogP contribution in [0.2, 0.25) is 0 Å². The molecule has 0 heterocycles. The van der Waals surface area contributed by atoms with Crippen LogP contribution in [0.25, 0.3) is 0 Å². The summed E-state index contributed by atoms with van der Waals surface area (Å²) in [7, 11) is 0. The molecule has 12 nitrogen and oxygen atoms in total. The molecule has 0 aromatic rings. The van der Waals surface area contributed by atoms with Crippen molar-refractivity contribution in [2.75, 3.05) is 19.6 Å². The zero-order valence-electron chi connectivity index (χ0n) is 21.3. The van der Waals surface area contributed by atoms with E-state index in [1.54, 1.807) is 0 Å². The molecule has 0 fully saturated rings. The maximum Gasteiger partial charge on any atom is 0.242 e. The van der Waals surface area contributed by atoms with Gasteiger partial charge in [0, 0.05) is 19.9 Å². The predicted molar refractivity (Wildman–Crippen MR) is 131 cm³/mol. The largest absolute Gasteiger partial charge is 0.368 e. The van der Waals surface area contributed by atoms with Crippen LogP contribution in [0, 0.1) is 0 Å². The van der Waals surface area contributed by atoms with E-state index in [-0.39, 0.29) is 37.0 Å². The molecule has 0 radical (unpaired) electrons. The summed E-state index contributed by atoms with van der Waals surface area (Å²) >= 11 is 0. The van der Waals surface area contributed by atoms with E-state index in [9.17, 15) is 28.8 Å². The second-order valence-corrected chi connectivity index (χ2v) is 8.45. The molecule has 0 unspecified atom stereocenters. The van der Waals surface area contributed by atoms with Crippen LogP contribution in [-0.4, -0.2) is 73.1 Å². The monoisotopic (exact) mass is 498 g/mol. The van der Waals surface area contributed by atoms with E-state index in [1.165, 1.54) is 13.8 Å². The molecule has 0 saturated heterocycles. The summed E-state index contributed by atoms with van der Waals surface area (Å²) in [6.07, 6.45) is 2.83. The SMILES string of the molecule is CCCNCC(=O)N[C@@H](CCCCNC(=O)C[C@H](NC(=O)[C@@H](C)NC(C)=O)C(=O)CCC)C(N)=O. The number of unbranched alkanes of at least 4 members (excludes halogenated alkanes) is 1. The minimum atomic E-state index is -0.991. The van der Waals surface area contributed by atoms with Crippen LogP contribution in [-0.2, 0) is 28.8 Å². The minimum absolute atomic E-state index is 0.103. The van der Waals surface area contributed by atoms with Gasteiger partial charge in [0.1, 0.15) is 12.1 Å². The molecule has 0 spiro atoms. The third-order valence-corrected chi connectivity index (χ3v) is 5.04. The first-order valence-corrected chi connectivity index (χ1v) is 12.2. The van der Waals surface area contributed by atoms with Gasteiger partial charge in [-0.05, 0) is 45.6 Å². The van der Waals surface area contributed by atoms with Gasteiger partial charge in [-0.25, -0.2) is 0 Å². The smallest absolute Gasteiger partial charge is 0.242 e. The number of carbonyl (C=O) groups is 6. The Morgan fingerprint density at radius 2 is 1.51 bits per heavy atom. The summed E-state index contributed by atoms with van der Waals surface area (Å²) in [5.74, 6) is -2.54. The van der Waals surface area contributed by atoms with Gasteiger partial charge in [-0.15, -0.1) is 0 Å². The van der Waals surface area contributed by atoms with Crippen LogP contribution in [0.3, 0.4) is 0 Å². The highest BCUT2D eigenvalue weighted by atomic mass is 16.2. The summed E-state index contributed by atoms with van der Waals surface area (Å²) in [5, 5.41) is 13.2. The molecular weight excluding hydrogens is 456 g/mol. The van der Waals surface area contributed by atoms with Crippen LogP contribution in [0.5, 0.6) is 0 Å². The molecule has 0 aliphatic carbocycles. The molecule has 3 atom stereocenters. The second kappa shape index (κ2) is 18.3. The molecule has 12 heteroatoms. The number of hydrogen-bond acceptors (Lipinski definition) is 7. The van der Waals surface area contributed by atoms with Crippen LogP contribution >= 0.6 is 0 Å². The molecule has 200 valence electrons. The Morgan fingerprint density at radius 3 is 2.09 bits per heavy atom. The number of rotatable bonds is 19. The Balaban J connectivity index is 4.56. The van der Waals surface area contributed by atoms with E-state index in [1.807, 2.05) is 13.8 Å². The first kappa shape index (κ1) is 32.0. The van der Waals surface area contributed by atoms with Crippen molar-refractivity contribution in [2.45, 2.75) is 90.8 Å². The number of Topliss-reactive ketones (excluding diaryl/α,β-unsaturated/α-hetero) is 1. The van der Waals surface area contributed by atoms with E-state index in [4.69, 9.17) is 5.73 Å². The van der Waals surface area contributed by atoms with Crippen LogP contribution in [0.4, 0.5) is 0 Å². The zero-order chi connectivity index (χ0) is 26.8. The van der Waals surface area contributed by atoms with E-state index < -0.39 is 35.8 Å². The quantitative estimate of drug-likeness (QED) is 0.123. The van der Waals surface area contributed by atoms with Crippen molar-refractivity contribution in [1.29, 1.82) is 0 Å². The van der Waals surface area contributed by atoms with Crippen LogP contribution in [0.1, 0.15) is 72.6 Å². The van der Waals surface area contributed by atoms with E-state index in [0.717, 1.165) is 6.42 Å². The molecule has 0 aromatic heterocycles. The Kier molecular flexibility index (Phi) is 16.7. The van der Waals surface area contributed by atoms with Crippen LogP contribution < -0.4 is 32.3 Å². The van der Waals surface area contributed by atoms with Gasteiger partial charge in [0.2, 0.25) is 29.5 Å². The van der Waals surface area contributed by atoms with Crippen molar-refractivity contribution in [3.8, 4) is 0 Å². The fourth-order valence-corrected chi connectivity index (χ4v) is 3.20. The van der Waals surface area contributed by atoms with Crippen molar-refractivity contribution >= 4 is 35.3 Å². The third kappa shape index (κ3) is 15.5. The molecular formula is C23H42N6O6. The fourth-order valence-electron chi connectivity index (χ4n) is 3.20. The molecule has 0 aliphatic rings. The average molecular weight is 499 g/mol. The van der Waals surface area contributed by atoms with Gasteiger partial charge < -0.3 is 32.3 Å². The lowest BCUT2D eigenvalue weighted by Crippen LogP contribution is -2.51. The zero-order valence-corrected chi connectivity index (χ0v) is 21.3. The lowest BCUT2D eigenvalue weighted by atomic mass is 10.0. The molecule has 0 rings (SSSR count). The lowest BCUT2D eigenvalue weighted by molar-refractivity contribution is -0.132. The Morgan fingerprint density at radius 1 is 0.829 bits per heavy atom. The molecule has 0 aromatic carbocycles. The number of ketones is 1. The number of nitrogens with one attached hydrogen (secondary N) is 5. The van der Waals surface area contributed by atoms with E-state index >= 15 is 0 Å². The minimum Gasteiger partial charge on any atom is -0.368 e. The standard InChI is InChI=1S/C23H42N6O6/c1-5-9-19(31)18(29-23(35)15(3)27-16(4)30)13-20(32)26-12-8-7-10-17(22(24)34)28-21(33)14-25-11-6-2/h15,17-18,25H,5-14H2,1-4H3,(H2,24,34)(H,26,32)(H,27,30)(H,28,33)(H,29,35)/t15-,17+,18+/m1/s1. The predicted octanol–water partition coefficient (Wildman–Crippen LogP) is -0.989. The Bertz CT molecular complexity index is 729. The van der Waals surface area contributed by atoms with Crippen molar-refractivity contribution in [2.24, 2.45) is 5.73 Å². The molecule has 0 aliphatic heterocycles. The van der Waals surface area contributed by atoms with E-state index in [2.05, 4.69) is 26.6 Å². The van der Waals surface area contributed by atoms with Crippen molar-refractivity contribution in [3.63, 3.8) is 0 Å². The fraction of sp³-hybridized carbons (Fsp3) is 0.739. The highest BCUT2D eigenvalue weighted by molar-refractivity contribution is 5.95. The molecule has 0 saturated carbocycles. The summed E-state index contributed by atoms with van der Waals surface area (Å²) in [4.78, 5) is 71.6. The molecule has 5 amide bonds. The third-order valence-electron chi connectivity index (χ3n) is 5.04. The number of hydrogen-bond donors (Lipinski definition) is 6. The van der Waals surface area contributed by atoms with Gasteiger partial charge in [0.15, 0.2) is 5.78 Å². The maximum absolute atomic E-state index is 12.4. The lowest BCUT2D eigenvalue weighted by Gasteiger charge is -2.20. The first-order valence-electron chi connectivity index (χ1n) is 12.2. The molecule has 0 bridgehead atoms. The Hall–Kier alpha value is -3.02. The number of nitrogens with two attached hydrogens (primary N) is 1. The topological polar surface area (TPSA) is 189 Å². The van der Waals surface area contributed by atoms with Gasteiger partial charge in [-0.1, -0.05) is 13.8 Å². The van der Waals surface area contributed by atoms with Gasteiger partial charge >= 0.3 is 0 Å². The molecule has 7 N–H and O–H groups in total. The van der Waals surface area contributed by atoms with Crippen LogP contribution in [0.15, 0.2) is 0 Å². The summed E-state index contributed by atoms with van der Waals surface area (Å²) in [5.41, 5.74) is 5.36. The Labute approximate surface area is 207 Å². The van der Waals surface area contributed by atoms with Gasteiger partial charge in [0.25, 0.3) is 0 Å².